The highest BCUT2D eigenvalue weighted by Gasteiger charge is 2.32. The van der Waals surface area contributed by atoms with Crippen LogP contribution in [0.2, 0.25) is 5.02 Å². The van der Waals surface area contributed by atoms with Crippen LogP contribution in [0.4, 0.5) is 0 Å². The van der Waals surface area contributed by atoms with Gasteiger partial charge in [-0.05, 0) is 12.1 Å². The molecule has 0 fully saturated rings. The number of fused-ring (bicyclic) bond motifs is 2. The first-order valence-electron chi connectivity index (χ1n) is 9.02. The molecule has 174 valence electrons. The number of hydrogen-bond acceptors (Lipinski definition) is 9. The normalized spacial score (nSPS) is 13.1. The standard InChI is InChI=1S/C20H15ClO9S3/c1-31(23,24)14-9-29-16-11(14)8-12-15(10-6-4-5-7-13(10)21)18(32(2,25)26)20(22)30-17(12)19(16)33(3,27)28/h4-9H,1-3H3. The first-order chi connectivity index (χ1) is 15.1. The maximum atomic E-state index is 12.9. The lowest BCUT2D eigenvalue weighted by Gasteiger charge is -2.14. The Bertz CT molecular complexity index is 1860. The summed E-state index contributed by atoms with van der Waals surface area (Å²) in [6, 6.07) is 7.25. The summed E-state index contributed by atoms with van der Waals surface area (Å²) in [6.45, 7) is 0. The number of benzene rings is 2. The van der Waals surface area contributed by atoms with E-state index in [4.69, 9.17) is 20.4 Å². The Hall–Kier alpha value is -2.67. The van der Waals surface area contributed by atoms with Crippen LogP contribution in [0.15, 0.2) is 64.9 Å². The average Bonchev–Trinajstić information content (AvgIpc) is 3.07. The Morgan fingerprint density at radius 3 is 1.94 bits per heavy atom. The van der Waals surface area contributed by atoms with Gasteiger partial charge in [0, 0.05) is 45.7 Å². The van der Waals surface area contributed by atoms with Crippen molar-refractivity contribution in [3.05, 3.63) is 52.0 Å². The number of rotatable bonds is 4. The summed E-state index contributed by atoms with van der Waals surface area (Å²) < 4.78 is 85.7. The Morgan fingerprint density at radius 2 is 1.39 bits per heavy atom. The highest BCUT2D eigenvalue weighted by Crippen LogP contribution is 2.42. The first-order valence-corrected chi connectivity index (χ1v) is 15.1. The van der Waals surface area contributed by atoms with Gasteiger partial charge in [-0.2, -0.15) is 0 Å². The van der Waals surface area contributed by atoms with Gasteiger partial charge in [0.05, 0.1) is 0 Å². The van der Waals surface area contributed by atoms with E-state index in [1.54, 1.807) is 12.1 Å². The lowest BCUT2D eigenvalue weighted by molar-refractivity contribution is 0.524. The molecule has 0 unspecified atom stereocenters. The Balaban J connectivity index is 2.46. The molecule has 0 bridgehead atoms. The van der Waals surface area contributed by atoms with Crippen molar-refractivity contribution in [3.63, 3.8) is 0 Å². The molecule has 0 aliphatic carbocycles. The van der Waals surface area contributed by atoms with E-state index in [1.165, 1.54) is 18.2 Å². The number of hydrogen-bond donors (Lipinski definition) is 0. The fraction of sp³-hybridized carbons (Fsp3) is 0.150. The number of furan rings is 1. The topological polar surface area (TPSA) is 146 Å². The molecule has 0 aliphatic heterocycles. The molecule has 0 aliphatic rings. The van der Waals surface area contributed by atoms with Crippen LogP contribution < -0.4 is 5.63 Å². The molecular weight excluding hydrogens is 516 g/mol. The highest BCUT2D eigenvalue weighted by atomic mass is 35.5. The zero-order valence-electron chi connectivity index (χ0n) is 17.2. The molecule has 0 atom stereocenters. The molecule has 2 heterocycles. The SMILES string of the molecule is CS(=O)(=O)c1c(-c2ccccc2Cl)c2cc3c(S(C)(=O)=O)coc3c(S(C)(=O)=O)c2oc1=O. The van der Waals surface area contributed by atoms with E-state index in [1.807, 2.05) is 0 Å². The maximum Gasteiger partial charge on any atom is 0.355 e. The van der Waals surface area contributed by atoms with Crippen LogP contribution >= 0.6 is 11.6 Å². The zero-order valence-corrected chi connectivity index (χ0v) is 20.4. The minimum Gasteiger partial charge on any atom is -0.461 e. The van der Waals surface area contributed by atoms with Gasteiger partial charge in [0.1, 0.15) is 11.2 Å². The van der Waals surface area contributed by atoms with Crippen LogP contribution in [0, 0.1) is 0 Å². The Morgan fingerprint density at radius 1 is 0.788 bits per heavy atom. The second-order valence-corrected chi connectivity index (χ2v) is 13.7. The summed E-state index contributed by atoms with van der Waals surface area (Å²) >= 11 is 6.30. The van der Waals surface area contributed by atoms with E-state index in [0.29, 0.717) is 0 Å². The summed E-state index contributed by atoms with van der Waals surface area (Å²) in [5.41, 5.74) is -2.22. The molecule has 13 heteroatoms. The molecule has 33 heavy (non-hydrogen) atoms. The molecule has 4 aromatic rings. The second kappa shape index (κ2) is 7.42. The monoisotopic (exact) mass is 530 g/mol. The van der Waals surface area contributed by atoms with Crippen molar-refractivity contribution >= 4 is 63.1 Å². The molecule has 0 saturated heterocycles. The van der Waals surface area contributed by atoms with Gasteiger partial charge in [-0.3, -0.25) is 0 Å². The smallest absolute Gasteiger partial charge is 0.355 e. The molecular formula is C20H15ClO9S3. The molecule has 0 spiro atoms. The summed E-state index contributed by atoms with van der Waals surface area (Å²) in [4.78, 5) is 11.2. The third-order valence-corrected chi connectivity index (χ3v) is 8.57. The molecule has 4 rings (SSSR count). The second-order valence-electron chi connectivity index (χ2n) is 7.45. The molecule has 2 aromatic heterocycles. The minimum atomic E-state index is -4.20. The van der Waals surface area contributed by atoms with Gasteiger partial charge in [-0.25, -0.2) is 30.0 Å². The van der Waals surface area contributed by atoms with Crippen molar-refractivity contribution < 1.29 is 34.1 Å². The van der Waals surface area contributed by atoms with E-state index in [9.17, 15) is 30.0 Å². The predicted molar refractivity (Wildman–Crippen MR) is 122 cm³/mol. The van der Waals surface area contributed by atoms with E-state index in [0.717, 1.165) is 25.0 Å². The van der Waals surface area contributed by atoms with Crippen molar-refractivity contribution in [1.29, 1.82) is 0 Å². The van der Waals surface area contributed by atoms with Gasteiger partial charge in [-0.15, -0.1) is 0 Å². The third kappa shape index (κ3) is 3.86. The molecule has 0 N–H and O–H groups in total. The van der Waals surface area contributed by atoms with Crippen LogP contribution in [0.25, 0.3) is 33.1 Å². The van der Waals surface area contributed by atoms with Crippen molar-refractivity contribution in [3.8, 4) is 11.1 Å². The van der Waals surface area contributed by atoms with Gasteiger partial charge in [-0.1, -0.05) is 29.8 Å². The summed E-state index contributed by atoms with van der Waals surface area (Å²) in [7, 11) is -12.2. The first kappa shape index (κ1) is 23.5. The largest absolute Gasteiger partial charge is 0.461 e. The fourth-order valence-electron chi connectivity index (χ4n) is 3.64. The van der Waals surface area contributed by atoms with E-state index in [2.05, 4.69) is 0 Å². The summed E-state index contributed by atoms with van der Waals surface area (Å²) in [6.07, 6.45) is 3.40. The minimum absolute atomic E-state index is 0.0748. The summed E-state index contributed by atoms with van der Waals surface area (Å²) in [5.74, 6) is 0. The van der Waals surface area contributed by atoms with Crippen molar-refractivity contribution in [2.75, 3.05) is 18.8 Å². The maximum absolute atomic E-state index is 12.9. The number of sulfone groups is 3. The van der Waals surface area contributed by atoms with E-state index < -0.39 is 50.5 Å². The van der Waals surface area contributed by atoms with E-state index in [-0.39, 0.29) is 37.4 Å². The van der Waals surface area contributed by atoms with Gasteiger partial charge < -0.3 is 8.83 Å². The lowest BCUT2D eigenvalue weighted by atomic mass is 10.0. The van der Waals surface area contributed by atoms with Crippen molar-refractivity contribution in [2.24, 2.45) is 0 Å². The number of halogens is 1. The zero-order chi connectivity index (χ0) is 24.5. The molecule has 2 aromatic carbocycles. The average molecular weight is 531 g/mol. The van der Waals surface area contributed by atoms with Crippen LogP contribution in [-0.2, 0) is 29.5 Å². The molecule has 9 nitrogen and oxygen atoms in total. The fourth-order valence-corrected chi connectivity index (χ4v) is 6.56. The molecule has 0 saturated carbocycles. The Kier molecular flexibility index (Phi) is 5.28. The quantitative estimate of drug-likeness (QED) is 0.363. The predicted octanol–water partition coefficient (Wildman–Crippen LogP) is 3.07. The van der Waals surface area contributed by atoms with Gasteiger partial charge in [0.25, 0.3) is 0 Å². The van der Waals surface area contributed by atoms with Gasteiger partial charge >= 0.3 is 5.63 Å². The summed E-state index contributed by atoms with van der Waals surface area (Å²) in [5, 5.41) is -0.180. The third-order valence-electron chi connectivity index (χ3n) is 4.90. The van der Waals surface area contributed by atoms with Crippen molar-refractivity contribution in [2.45, 2.75) is 14.7 Å². The van der Waals surface area contributed by atoms with Crippen LogP contribution in [0.1, 0.15) is 0 Å². The Labute approximate surface area is 193 Å². The van der Waals surface area contributed by atoms with Crippen LogP contribution in [0.3, 0.4) is 0 Å². The lowest BCUT2D eigenvalue weighted by Crippen LogP contribution is -2.16. The molecule has 0 radical (unpaired) electrons. The van der Waals surface area contributed by atoms with Crippen LogP contribution in [0.5, 0.6) is 0 Å². The van der Waals surface area contributed by atoms with Gasteiger partial charge in [0.2, 0.25) is 0 Å². The van der Waals surface area contributed by atoms with E-state index >= 15 is 0 Å². The van der Waals surface area contributed by atoms with Crippen LogP contribution in [-0.4, -0.2) is 44.0 Å². The van der Waals surface area contributed by atoms with Gasteiger partial charge in [0.15, 0.2) is 50.5 Å². The van der Waals surface area contributed by atoms with Crippen molar-refractivity contribution in [1.82, 2.24) is 0 Å². The molecule has 0 amide bonds. The highest BCUT2D eigenvalue weighted by molar-refractivity contribution is 7.91.